The minimum absolute atomic E-state index is 0.169. The van der Waals surface area contributed by atoms with Gasteiger partial charge in [-0.15, -0.1) is 0 Å². The van der Waals surface area contributed by atoms with Gasteiger partial charge in [0, 0.05) is 18.7 Å². The number of pyridine rings is 1. The van der Waals surface area contributed by atoms with E-state index >= 15 is 0 Å². The van der Waals surface area contributed by atoms with E-state index in [2.05, 4.69) is 4.98 Å². The Balaban J connectivity index is 2.23. The van der Waals surface area contributed by atoms with Gasteiger partial charge in [0.05, 0.1) is 11.6 Å². The highest BCUT2D eigenvalue weighted by Gasteiger charge is 2.21. The van der Waals surface area contributed by atoms with E-state index in [4.69, 9.17) is 5.11 Å². The SMILES string of the molecule is CCN(CC(C)C(=O)O)C(=O)c1cccc(-c2ccccc2)n1. The standard InChI is InChI=1S/C18H20N2O3/c1-3-20(12-13(2)18(22)23)17(21)16-11-7-10-15(19-16)14-8-5-4-6-9-14/h4-11,13H,3,12H2,1-2H3,(H,22,23). The second-order valence-corrected chi connectivity index (χ2v) is 5.36. The van der Waals surface area contributed by atoms with Crippen LogP contribution in [0.4, 0.5) is 0 Å². The van der Waals surface area contributed by atoms with Crippen LogP contribution in [0.15, 0.2) is 48.5 Å². The molecule has 0 aliphatic rings. The van der Waals surface area contributed by atoms with Crippen molar-refractivity contribution in [1.29, 1.82) is 0 Å². The molecule has 1 amide bonds. The Morgan fingerprint density at radius 1 is 1.13 bits per heavy atom. The summed E-state index contributed by atoms with van der Waals surface area (Å²) in [5, 5.41) is 9.02. The summed E-state index contributed by atoms with van der Waals surface area (Å²) in [6, 6.07) is 14.9. The normalized spacial score (nSPS) is 11.7. The average Bonchev–Trinajstić information content (AvgIpc) is 2.59. The molecule has 0 bridgehead atoms. The number of carboxylic acid groups (broad SMARTS) is 1. The van der Waals surface area contributed by atoms with Crippen molar-refractivity contribution in [3.63, 3.8) is 0 Å². The van der Waals surface area contributed by atoms with Gasteiger partial charge in [0.15, 0.2) is 0 Å². The van der Waals surface area contributed by atoms with Crippen LogP contribution in [0, 0.1) is 5.92 Å². The summed E-state index contributed by atoms with van der Waals surface area (Å²) in [4.78, 5) is 29.5. The third-order valence-corrected chi connectivity index (χ3v) is 3.62. The van der Waals surface area contributed by atoms with Gasteiger partial charge in [0.1, 0.15) is 5.69 Å². The van der Waals surface area contributed by atoms with Crippen molar-refractivity contribution in [2.45, 2.75) is 13.8 Å². The zero-order chi connectivity index (χ0) is 16.8. The number of carbonyl (C=O) groups excluding carboxylic acids is 1. The van der Waals surface area contributed by atoms with Crippen LogP contribution in [-0.4, -0.2) is 40.0 Å². The predicted molar refractivity (Wildman–Crippen MR) is 88.1 cm³/mol. The summed E-state index contributed by atoms with van der Waals surface area (Å²) in [6.07, 6.45) is 0. The maximum atomic E-state index is 12.6. The molecule has 0 saturated carbocycles. The molecule has 2 rings (SSSR count). The Bertz CT molecular complexity index is 686. The molecule has 0 aliphatic carbocycles. The smallest absolute Gasteiger partial charge is 0.308 e. The molecule has 2 aromatic rings. The highest BCUT2D eigenvalue weighted by molar-refractivity contribution is 5.93. The number of hydrogen-bond donors (Lipinski definition) is 1. The van der Waals surface area contributed by atoms with E-state index in [1.165, 1.54) is 4.90 Å². The minimum Gasteiger partial charge on any atom is -0.481 e. The topological polar surface area (TPSA) is 70.5 Å². The molecule has 5 heteroatoms. The van der Waals surface area contributed by atoms with Crippen molar-refractivity contribution in [3.05, 3.63) is 54.2 Å². The Hall–Kier alpha value is -2.69. The first-order valence-electron chi connectivity index (χ1n) is 7.57. The second-order valence-electron chi connectivity index (χ2n) is 5.36. The largest absolute Gasteiger partial charge is 0.481 e. The molecular weight excluding hydrogens is 292 g/mol. The molecule has 1 unspecified atom stereocenters. The number of carboxylic acids is 1. The lowest BCUT2D eigenvalue weighted by molar-refractivity contribution is -0.141. The third-order valence-electron chi connectivity index (χ3n) is 3.62. The van der Waals surface area contributed by atoms with E-state index in [0.717, 1.165) is 11.3 Å². The molecule has 1 heterocycles. The summed E-state index contributed by atoms with van der Waals surface area (Å²) in [5.41, 5.74) is 1.98. The molecule has 0 saturated heterocycles. The monoisotopic (exact) mass is 312 g/mol. The molecule has 0 radical (unpaired) electrons. The van der Waals surface area contributed by atoms with E-state index in [9.17, 15) is 9.59 Å². The van der Waals surface area contributed by atoms with Crippen LogP contribution in [0.25, 0.3) is 11.3 Å². The Morgan fingerprint density at radius 2 is 1.83 bits per heavy atom. The summed E-state index contributed by atoms with van der Waals surface area (Å²) in [5.74, 6) is -1.78. The lowest BCUT2D eigenvalue weighted by Gasteiger charge is -2.22. The van der Waals surface area contributed by atoms with E-state index in [1.54, 1.807) is 19.1 Å². The second kappa shape index (κ2) is 7.54. The van der Waals surface area contributed by atoms with E-state index in [-0.39, 0.29) is 12.5 Å². The zero-order valence-corrected chi connectivity index (χ0v) is 13.3. The number of hydrogen-bond acceptors (Lipinski definition) is 3. The Labute approximate surface area is 135 Å². The number of aromatic nitrogens is 1. The summed E-state index contributed by atoms with van der Waals surface area (Å²) >= 11 is 0. The molecule has 23 heavy (non-hydrogen) atoms. The Kier molecular flexibility index (Phi) is 5.46. The Morgan fingerprint density at radius 3 is 2.43 bits per heavy atom. The predicted octanol–water partition coefficient (Wildman–Crippen LogP) is 2.93. The fraction of sp³-hybridized carbons (Fsp3) is 0.278. The van der Waals surface area contributed by atoms with Gasteiger partial charge in [0.25, 0.3) is 5.91 Å². The molecule has 0 spiro atoms. The van der Waals surface area contributed by atoms with Crippen molar-refractivity contribution in [2.75, 3.05) is 13.1 Å². The van der Waals surface area contributed by atoms with Gasteiger partial charge in [0.2, 0.25) is 0 Å². The molecule has 1 atom stereocenters. The van der Waals surface area contributed by atoms with Gasteiger partial charge in [-0.05, 0) is 19.1 Å². The molecule has 0 fully saturated rings. The summed E-state index contributed by atoms with van der Waals surface area (Å²) in [6.45, 7) is 4.02. The number of amides is 1. The van der Waals surface area contributed by atoms with Gasteiger partial charge in [-0.2, -0.15) is 0 Å². The van der Waals surface area contributed by atoms with Gasteiger partial charge in [-0.25, -0.2) is 4.98 Å². The quantitative estimate of drug-likeness (QED) is 0.890. The highest BCUT2D eigenvalue weighted by Crippen LogP contribution is 2.17. The minimum atomic E-state index is -0.915. The molecule has 1 N–H and O–H groups in total. The van der Waals surface area contributed by atoms with Crippen LogP contribution in [0.1, 0.15) is 24.3 Å². The van der Waals surface area contributed by atoms with Crippen LogP contribution in [0.2, 0.25) is 0 Å². The van der Waals surface area contributed by atoms with Gasteiger partial charge in [-0.3, -0.25) is 9.59 Å². The molecule has 0 aliphatic heterocycles. The van der Waals surface area contributed by atoms with Crippen molar-refractivity contribution in [3.8, 4) is 11.3 Å². The number of aliphatic carboxylic acids is 1. The lowest BCUT2D eigenvalue weighted by atomic mass is 10.1. The first-order chi connectivity index (χ1) is 11.0. The van der Waals surface area contributed by atoms with Crippen molar-refractivity contribution < 1.29 is 14.7 Å². The van der Waals surface area contributed by atoms with Crippen molar-refractivity contribution in [1.82, 2.24) is 9.88 Å². The van der Waals surface area contributed by atoms with Gasteiger partial charge >= 0.3 is 5.97 Å². The fourth-order valence-electron chi connectivity index (χ4n) is 2.25. The summed E-state index contributed by atoms with van der Waals surface area (Å²) < 4.78 is 0. The van der Waals surface area contributed by atoms with Crippen LogP contribution in [0.5, 0.6) is 0 Å². The van der Waals surface area contributed by atoms with Crippen LogP contribution >= 0.6 is 0 Å². The van der Waals surface area contributed by atoms with Crippen LogP contribution in [-0.2, 0) is 4.79 Å². The first kappa shape index (κ1) is 16.7. The van der Waals surface area contributed by atoms with Crippen LogP contribution in [0.3, 0.4) is 0 Å². The van der Waals surface area contributed by atoms with E-state index in [1.807, 2.05) is 43.3 Å². The van der Waals surface area contributed by atoms with Gasteiger partial charge < -0.3 is 10.0 Å². The molecule has 120 valence electrons. The molecule has 5 nitrogen and oxygen atoms in total. The zero-order valence-electron chi connectivity index (χ0n) is 13.3. The van der Waals surface area contributed by atoms with E-state index in [0.29, 0.717) is 12.2 Å². The van der Waals surface area contributed by atoms with Crippen molar-refractivity contribution in [2.24, 2.45) is 5.92 Å². The number of rotatable bonds is 6. The maximum Gasteiger partial charge on any atom is 0.308 e. The summed E-state index contributed by atoms with van der Waals surface area (Å²) in [7, 11) is 0. The first-order valence-corrected chi connectivity index (χ1v) is 7.57. The number of benzene rings is 1. The molecule has 1 aromatic carbocycles. The maximum absolute atomic E-state index is 12.6. The van der Waals surface area contributed by atoms with Gasteiger partial charge in [-0.1, -0.05) is 43.3 Å². The third kappa shape index (κ3) is 4.16. The highest BCUT2D eigenvalue weighted by atomic mass is 16.4. The number of nitrogens with zero attached hydrogens (tertiary/aromatic N) is 2. The fourth-order valence-corrected chi connectivity index (χ4v) is 2.25. The van der Waals surface area contributed by atoms with Crippen LogP contribution < -0.4 is 0 Å². The molecular formula is C18H20N2O3. The number of carbonyl (C=O) groups is 2. The lowest BCUT2D eigenvalue weighted by Crippen LogP contribution is -2.37. The van der Waals surface area contributed by atoms with Crippen molar-refractivity contribution >= 4 is 11.9 Å². The molecule has 1 aromatic heterocycles. The van der Waals surface area contributed by atoms with E-state index < -0.39 is 11.9 Å². The average molecular weight is 312 g/mol.